The molecule has 0 fully saturated rings. The van der Waals surface area contributed by atoms with Gasteiger partial charge in [-0.2, -0.15) is 0 Å². The minimum absolute atomic E-state index is 0.625. The van der Waals surface area contributed by atoms with E-state index in [4.69, 9.17) is 11.6 Å². The summed E-state index contributed by atoms with van der Waals surface area (Å²) in [6.07, 6.45) is 0. The number of anilines is 1. The molecule has 0 aliphatic carbocycles. The molecule has 1 heterocycles. The van der Waals surface area contributed by atoms with Crippen molar-refractivity contribution in [2.75, 3.05) is 12.4 Å². The number of fused-ring (bicyclic) bond motifs is 1. The second-order valence-corrected chi connectivity index (χ2v) is 5.67. The molecule has 0 aliphatic heterocycles. The van der Waals surface area contributed by atoms with Crippen LogP contribution in [0.15, 0.2) is 58.5 Å². The van der Waals surface area contributed by atoms with Crippen molar-refractivity contribution in [3.05, 3.63) is 53.6 Å². The van der Waals surface area contributed by atoms with E-state index >= 15 is 0 Å². The Balaban J connectivity index is 2.07. The maximum Gasteiger partial charge on any atom is 0.224 e. The summed E-state index contributed by atoms with van der Waals surface area (Å²) >= 11 is 7.52. The number of hydrogen-bond donors (Lipinski definition) is 1. The standard InChI is InChI=1S/C15H12ClN3S/c1-17-15-18-13-5-3-2-4-12(13)14(19-15)20-11-8-6-10(16)7-9-11/h2-9H,1H3,(H,17,18,19). The average molecular weight is 302 g/mol. The summed E-state index contributed by atoms with van der Waals surface area (Å²) in [5.41, 5.74) is 0.934. The second kappa shape index (κ2) is 5.69. The van der Waals surface area contributed by atoms with Gasteiger partial charge in [-0.15, -0.1) is 0 Å². The van der Waals surface area contributed by atoms with Gasteiger partial charge in [0.15, 0.2) is 0 Å². The molecule has 100 valence electrons. The SMILES string of the molecule is CNc1nc(Sc2ccc(Cl)cc2)c2ccccc2n1. The smallest absolute Gasteiger partial charge is 0.224 e. The predicted molar refractivity (Wildman–Crippen MR) is 84.7 cm³/mol. The van der Waals surface area contributed by atoms with E-state index in [1.54, 1.807) is 11.8 Å². The Bertz CT molecular complexity index is 744. The summed E-state index contributed by atoms with van der Waals surface area (Å²) in [7, 11) is 1.82. The Labute approximate surface area is 126 Å². The zero-order valence-corrected chi connectivity index (χ0v) is 12.4. The maximum absolute atomic E-state index is 5.91. The lowest BCUT2D eigenvalue weighted by molar-refractivity contribution is 1.09. The fraction of sp³-hybridized carbons (Fsp3) is 0.0667. The molecule has 5 heteroatoms. The number of nitrogens with one attached hydrogen (secondary N) is 1. The Morgan fingerprint density at radius 3 is 2.50 bits per heavy atom. The molecule has 0 spiro atoms. The molecule has 1 N–H and O–H groups in total. The van der Waals surface area contributed by atoms with Crippen molar-refractivity contribution < 1.29 is 0 Å². The highest BCUT2D eigenvalue weighted by molar-refractivity contribution is 7.99. The summed E-state index contributed by atoms with van der Waals surface area (Å²) in [5, 5.41) is 5.71. The molecule has 20 heavy (non-hydrogen) atoms. The van der Waals surface area contributed by atoms with Crippen LogP contribution in [0.1, 0.15) is 0 Å². The van der Waals surface area contributed by atoms with Crippen LogP contribution in [-0.4, -0.2) is 17.0 Å². The number of rotatable bonds is 3. The number of nitrogens with zero attached hydrogens (tertiary/aromatic N) is 2. The Hall–Kier alpha value is -1.78. The largest absolute Gasteiger partial charge is 0.357 e. The van der Waals surface area contributed by atoms with Crippen molar-refractivity contribution in [1.29, 1.82) is 0 Å². The quantitative estimate of drug-likeness (QED) is 0.724. The zero-order valence-electron chi connectivity index (χ0n) is 10.8. The Morgan fingerprint density at radius 2 is 1.75 bits per heavy atom. The fourth-order valence-electron chi connectivity index (χ4n) is 1.85. The van der Waals surface area contributed by atoms with Gasteiger partial charge in [-0.05, 0) is 30.3 Å². The fourth-order valence-corrected chi connectivity index (χ4v) is 2.89. The molecule has 3 rings (SSSR count). The molecule has 0 bridgehead atoms. The summed E-state index contributed by atoms with van der Waals surface area (Å²) in [4.78, 5) is 10.1. The van der Waals surface area contributed by atoms with E-state index in [9.17, 15) is 0 Å². The molecular weight excluding hydrogens is 290 g/mol. The van der Waals surface area contributed by atoms with Gasteiger partial charge >= 0.3 is 0 Å². The molecule has 0 unspecified atom stereocenters. The Kier molecular flexibility index (Phi) is 3.76. The van der Waals surface area contributed by atoms with Gasteiger partial charge in [-0.1, -0.05) is 41.6 Å². The van der Waals surface area contributed by atoms with Gasteiger partial charge in [-0.3, -0.25) is 0 Å². The monoisotopic (exact) mass is 301 g/mol. The number of benzene rings is 2. The number of para-hydroxylation sites is 1. The first-order chi connectivity index (χ1) is 9.76. The number of aromatic nitrogens is 2. The molecule has 3 aromatic rings. The lowest BCUT2D eigenvalue weighted by Crippen LogP contribution is -1.98. The third kappa shape index (κ3) is 2.71. The molecule has 0 saturated heterocycles. The van der Waals surface area contributed by atoms with Gasteiger partial charge < -0.3 is 5.32 Å². The van der Waals surface area contributed by atoms with E-state index in [2.05, 4.69) is 15.3 Å². The van der Waals surface area contributed by atoms with E-state index in [-0.39, 0.29) is 0 Å². The van der Waals surface area contributed by atoms with Crippen LogP contribution in [0.5, 0.6) is 0 Å². The van der Waals surface area contributed by atoms with Gasteiger partial charge in [0.1, 0.15) is 5.03 Å². The van der Waals surface area contributed by atoms with E-state index in [1.165, 1.54) is 0 Å². The summed E-state index contributed by atoms with van der Waals surface area (Å²) in [6, 6.07) is 15.7. The van der Waals surface area contributed by atoms with Crippen LogP contribution in [0.3, 0.4) is 0 Å². The Morgan fingerprint density at radius 1 is 1.00 bits per heavy atom. The van der Waals surface area contributed by atoms with Crippen molar-refractivity contribution >= 4 is 40.2 Å². The van der Waals surface area contributed by atoms with Crippen molar-refractivity contribution in [2.24, 2.45) is 0 Å². The van der Waals surface area contributed by atoms with Crippen molar-refractivity contribution in [3.8, 4) is 0 Å². The van der Waals surface area contributed by atoms with Gasteiger partial charge in [0, 0.05) is 22.4 Å². The van der Waals surface area contributed by atoms with Gasteiger partial charge in [0.25, 0.3) is 0 Å². The third-order valence-electron chi connectivity index (χ3n) is 2.82. The number of hydrogen-bond acceptors (Lipinski definition) is 4. The first-order valence-corrected chi connectivity index (χ1v) is 7.33. The van der Waals surface area contributed by atoms with Crippen molar-refractivity contribution in [1.82, 2.24) is 9.97 Å². The van der Waals surface area contributed by atoms with Crippen LogP contribution in [0.4, 0.5) is 5.95 Å². The minimum Gasteiger partial charge on any atom is -0.357 e. The molecule has 3 nitrogen and oxygen atoms in total. The summed E-state index contributed by atoms with van der Waals surface area (Å²) < 4.78 is 0. The van der Waals surface area contributed by atoms with Crippen LogP contribution in [-0.2, 0) is 0 Å². The van der Waals surface area contributed by atoms with Gasteiger partial charge in [-0.25, -0.2) is 9.97 Å². The molecule has 0 atom stereocenters. The second-order valence-electron chi connectivity index (χ2n) is 4.18. The predicted octanol–water partition coefficient (Wildman–Crippen LogP) is 4.48. The average Bonchev–Trinajstić information content (AvgIpc) is 2.49. The topological polar surface area (TPSA) is 37.8 Å². The van der Waals surface area contributed by atoms with Crippen molar-refractivity contribution in [3.63, 3.8) is 0 Å². The van der Waals surface area contributed by atoms with Crippen LogP contribution in [0.2, 0.25) is 5.02 Å². The van der Waals surface area contributed by atoms with Gasteiger partial charge in [0.2, 0.25) is 5.95 Å². The first-order valence-electron chi connectivity index (χ1n) is 6.14. The summed E-state index contributed by atoms with van der Waals surface area (Å²) in [5.74, 6) is 0.625. The first kappa shape index (κ1) is 13.2. The highest BCUT2D eigenvalue weighted by Gasteiger charge is 2.08. The van der Waals surface area contributed by atoms with Crippen molar-refractivity contribution in [2.45, 2.75) is 9.92 Å². The maximum atomic E-state index is 5.91. The van der Waals surface area contributed by atoms with E-state index in [0.29, 0.717) is 5.95 Å². The van der Waals surface area contributed by atoms with Crippen LogP contribution in [0.25, 0.3) is 10.9 Å². The van der Waals surface area contributed by atoms with Crippen LogP contribution >= 0.6 is 23.4 Å². The normalized spacial score (nSPS) is 10.7. The molecular formula is C15H12ClN3S. The summed E-state index contributed by atoms with van der Waals surface area (Å²) in [6.45, 7) is 0. The number of halogens is 1. The lowest BCUT2D eigenvalue weighted by atomic mass is 10.2. The zero-order chi connectivity index (χ0) is 13.9. The van der Waals surface area contributed by atoms with E-state index in [1.807, 2.05) is 55.6 Å². The highest BCUT2D eigenvalue weighted by atomic mass is 35.5. The van der Waals surface area contributed by atoms with Gasteiger partial charge in [0.05, 0.1) is 5.52 Å². The molecule has 0 radical (unpaired) electrons. The molecule has 0 saturated carbocycles. The molecule has 0 aliphatic rings. The molecule has 1 aromatic heterocycles. The molecule has 2 aromatic carbocycles. The van der Waals surface area contributed by atoms with E-state index < -0.39 is 0 Å². The van der Waals surface area contributed by atoms with Crippen LogP contribution < -0.4 is 5.32 Å². The lowest BCUT2D eigenvalue weighted by Gasteiger charge is -2.07. The minimum atomic E-state index is 0.625. The van der Waals surface area contributed by atoms with Crippen LogP contribution in [0, 0.1) is 0 Å². The molecule has 0 amide bonds. The third-order valence-corrected chi connectivity index (χ3v) is 4.08. The highest BCUT2D eigenvalue weighted by Crippen LogP contribution is 2.32. The van der Waals surface area contributed by atoms with E-state index in [0.717, 1.165) is 25.8 Å².